The molecular weight excluding hydrogens is 146 g/mol. The molecule has 0 heterocycles. The Labute approximate surface area is 75.6 Å². The van der Waals surface area contributed by atoms with Gasteiger partial charge >= 0.3 is 0 Å². The molecule has 0 atom stereocenters. The average molecular weight is 165 g/mol. The van der Waals surface area contributed by atoms with Crippen LogP contribution in [0.25, 0.3) is 0 Å². The lowest BCUT2D eigenvalue weighted by atomic mass is 10.2. The van der Waals surface area contributed by atoms with E-state index in [4.69, 9.17) is 0 Å². The van der Waals surface area contributed by atoms with E-state index < -0.39 is 0 Å². The van der Waals surface area contributed by atoms with Gasteiger partial charge in [0.2, 0.25) is 0 Å². The highest BCUT2D eigenvalue weighted by molar-refractivity contribution is 5.19. The molecule has 0 bridgehead atoms. The molecule has 0 aromatic carbocycles. The molecule has 0 aromatic heterocycles. The zero-order chi connectivity index (χ0) is 8.97. The van der Waals surface area contributed by atoms with E-state index in [1.165, 1.54) is 24.1 Å². The Balaban J connectivity index is 2.51. The summed E-state index contributed by atoms with van der Waals surface area (Å²) in [6.45, 7) is 4.37. The lowest BCUT2D eigenvalue weighted by Crippen LogP contribution is -2.06. The van der Waals surface area contributed by atoms with Crippen LogP contribution in [0.3, 0.4) is 0 Å². The topological polar surface area (TPSA) is 12.0 Å². The minimum Gasteiger partial charge on any atom is -0.391 e. The fourth-order valence-electron chi connectivity index (χ4n) is 1.17. The highest BCUT2D eigenvalue weighted by Gasteiger charge is 2.24. The third-order valence-electron chi connectivity index (χ3n) is 2.41. The lowest BCUT2D eigenvalue weighted by molar-refractivity contribution is 0.846. The molecule has 1 fully saturated rings. The van der Waals surface area contributed by atoms with Gasteiger partial charge in [-0.25, -0.2) is 0 Å². The summed E-state index contributed by atoms with van der Waals surface area (Å²) in [5, 5.41) is 3.26. The van der Waals surface area contributed by atoms with Crippen LogP contribution in [0, 0.1) is 5.92 Å². The van der Waals surface area contributed by atoms with Gasteiger partial charge in [-0.1, -0.05) is 18.6 Å². The van der Waals surface area contributed by atoms with Crippen LogP contribution in [0.2, 0.25) is 0 Å². The van der Waals surface area contributed by atoms with E-state index >= 15 is 0 Å². The molecule has 1 saturated carbocycles. The maximum Gasteiger partial charge on any atom is 0.0135 e. The van der Waals surface area contributed by atoms with Gasteiger partial charge in [-0.3, -0.25) is 0 Å². The zero-order valence-electron chi connectivity index (χ0n) is 8.35. The minimum absolute atomic E-state index is 0.830. The van der Waals surface area contributed by atoms with Gasteiger partial charge in [0.1, 0.15) is 0 Å². The summed E-state index contributed by atoms with van der Waals surface area (Å²) in [5.41, 5.74) is 2.85. The van der Waals surface area contributed by atoms with Crippen LogP contribution in [0.15, 0.2) is 23.4 Å². The molecule has 1 aliphatic rings. The van der Waals surface area contributed by atoms with Crippen molar-refractivity contribution in [2.75, 3.05) is 7.05 Å². The first kappa shape index (κ1) is 9.37. The Kier molecular flexibility index (Phi) is 3.39. The number of nitrogens with one attached hydrogen (secondary N) is 1. The van der Waals surface area contributed by atoms with Crippen molar-refractivity contribution in [3.05, 3.63) is 23.4 Å². The summed E-state index contributed by atoms with van der Waals surface area (Å²) in [5.74, 6) is 0.830. The Morgan fingerprint density at radius 1 is 1.42 bits per heavy atom. The second-order valence-electron chi connectivity index (χ2n) is 3.51. The SMILES string of the molecule is CC/C(C)=C/C=C(\NC)C1CC1. The number of hydrogen-bond donors (Lipinski definition) is 1. The molecule has 1 rings (SSSR count). The molecule has 1 nitrogen and oxygen atoms in total. The lowest BCUT2D eigenvalue weighted by Gasteiger charge is -2.02. The van der Waals surface area contributed by atoms with Crippen molar-refractivity contribution < 1.29 is 0 Å². The normalized spacial score (nSPS) is 19.6. The van der Waals surface area contributed by atoms with Gasteiger partial charge in [-0.05, 0) is 38.2 Å². The summed E-state index contributed by atoms with van der Waals surface area (Å²) in [4.78, 5) is 0. The second-order valence-corrected chi connectivity index (χ2v) is 3.51. The van der Waals surface area contributed by atoms with Gasteiger partial charge in [0.15, 0.2) is 0 Å². The summed E-state index contributed by atoms with van der Waals surface area (Å²) < 4.78 is 0. The van der Waals surface area contributed by atoms with Gasteiger partial charge in [-0.2, -0.15) is 0 Å². The quantitative estimate of drug-likeness (QED) is 0.632. The molecule has 0 saturated heterocycles. The molecule has 1 aliphatic carbocycles. The smallest absolute Gasteiger partial charge is 0.0135 e. The fraction of sp³-hybridized carbons (Fsp3) is 0.636. The van der Waals surface area contributed by atoms with Crippen LogP contribution in [-0.4, -0.2) is 7.05 Å². The first-order valence-electron chi connectivity index (χ1n) is 4.83. The van der Waals surface area contributed by atoms with Crippen LogP contribution in [0.5, 0.6) is 0 Å². The number of allylic oxidation sites excluding steroid dienone is 4. The van der Waals surface area contributed by atoms with Crippen molar-refractivity contribution >= 4 is 0 Å². The molecule has 0 spiro atoms. The molecule has 0 radical (unpaired) electrons. The van der Waals surface area contributed by atoms with Crippen LogP contribution >= 0.6 is 0 Å². The zero-order valence-corrected chi connectivity index (χ0v) is 8.35. The number of rotatable bonds is 4. The first-order chi connectivity index (χ1) is 5.77. The predicted molar refractivity (Wildman–Crippen MR) is 53.9 cm³/mol. The van der Waals surface area contributed by atoms with Crippen LogP contribution < -0.4 is 5.32 Å². The molecule has 1 N–H and O–H groups in total. The Morgan fingerprint density at radius 3 is 2.50 bits per heavy atom. The van der Waals surface area contributed by atoms with Gasteiger partial charge < -0.3 is 5.32 Å². The van der Waals surface area contributed by atoms with E-state index in [1.54, 1.807) is 0 Å². The molecule has 0 amide bonds. The van der Waals surface area contributed by atoms with Crippen molar-refractivity contribution in [3.8, 4) is 0 Å². The van der Waals surface area contributed by atoms with E-state index in [-0.39, 0.29) is 0 Å². The van der Waals surface area contributed by atoms with Crippen LogP contribution in [0.1, 0.15) is 33.1 Å². The molecule has 0 aliphatic heterocycles. The van der Waals surface area contributed by atoms with Gasteiger partial charge in [-0.15, -0.1) is 0 Å². The Morgan fingerprint density at radius 2 is 2.08 bits per heavy atom. The minimum atomic E-state index is 0.830. The van der Waals surface area contributed by atoms with E-state index in [9.17, 15) is 0 Å². The van der Waals surface area contributed by atoms with Crippen molar-refractivity contribution in [1.29, 1.82) is 0 Å². The van der Waals surface area contributed by atoms with Gasteiger partial charge in [0, 0.05) is 12.7 Å². The average Bonchev–Trinajstić information content (AvgIpc) is 2.89. The summed E-state index contributed by atoms with van der Waals surface area (Å²) in [6.07, 6.45) is 8.34. The number of hydrogen-bond acceptors (Lipinski definition) is 1. The molecule has 0 aromatic rings. The molecule has 12 heavy (non-hydrogen) atoms. The van der Waals surface area contributed by atoms with Gasteiger partial charge in [0.25, 0.3) is 0 Å². The van der Waals surface area contributed by atoms with E-state index in [0.29, 0.717) is 0 Å². The van der Waals surface area contributed by atoms with Gasteiger partial charge in [0.05, 0.1) is 0 Å². The fourth-order valence-corrected chi connectivity index (χ4v) is 1.17. The maximum absolute atomic E-state index is 3.26. The molecule has 1 heteroatoms. The second kappa shape index (κ2) is 4.34. The van der Waals surface area contributed by atoms with E-state index in [1.807, 2.05) is 7.05 Å². The third kappa shape index (κ3) is 2.72. The van der Waals surface area contributed by atoms with E-state index in [2.05, 4.69) is 31.3 Å². The van der Waals surface area contributed by atoms with Crippen LogP contribution in [0.4, 0.5) is 0 Å². The Bertz CT molecular complexity index is 197. The van der Waals surface area contributed by atoms with E-state index in [0.717, 1.165) is 12.3 Å². The molecule has 0 unspecified atom stereocenters. The highest BCUT2D eigenvalue weighted by atomic mass is 14.8. The van der Waals surface area contributed by atoms with Crippen molar-refractivity contribution in [3.63, 3.8) is 0 Å². The van der Waals surface area contributed by atoms with Crippen molar-refractivity contribution in [2.45, 2.75) is 33.1 Å². The van der Waals surface area contributed by atoms with Crippen molar-refractivity contribution in [1.82, 2.24) is 5.32 Å². The Hall–Kier alpha value is -0.720. The first-order valence-corrected chi connectivity index (χ1v) is 4.83. The summed E-state index contributed by atoms with van der Waals surface area (Å²) >= 11 is 0. The molecular formula is C11H19N. The third-order valence-corrected chi connectivity index (χ3v) is 2.41. The monoisotopic (exact) mass is 165 g/mol. The summed E-state index contributed by atoms with van der Waals surface area (Å²) in [7, 11) is 2.01. The van der Waals surface area contributed by atoms with Crippen molar-refractivity contribution in [2.24, 2.45) is 5.92 Å². The highest BCUT2D eigenvalue weighted by Crippen LogP contribution is 2.34. The molecule has 68 valence electrons. The van der Waals surface area contributed by atoms with Crippen LogP contribution in [-0.2, 0) is 0 Å². The summed E-state index contributed by atoms with van der Waals surface area (Å²) in [6, 6.07) is 0. The standard InChI is InChI=1S/C11H19N/c1-4-9(2)5-8-11(12-3)10-6-7-10/h5,8,10,12H,4,6-7H2,1-3H3/b9-5+,11-8-. The largest absolute Gasteiger partial charge is 0.391 e. The maximum atomic E-state index is 3.26. The predicted octanol–water partition coefficient (Wildman–Crippen LogP) is 2.86.